The van der Waals surface area contributed by atoms with E-state index in [9.17, 15) is 0 Å². The summed E-state index contributed by atoms with van der Waals surface area (Å²) in [5.41, 5.74) is 8.71. The van der Waals surface area contributed by atoms with Gasteiger partial charge in [-0.15, -0.1) is 0 Å². The van der Waals surface area contributed by atoms with Crippen molar-refractivity contribution in [1.82, 2.24) is 9.55 Å². The molecule has 2 N–H and O–H groups in total. The Bertz CT molecular complexity index is 552. The summed E-state index contributed by atoms with van der Waals surface area (Å²) < 4.78 is 7.77. The molecule has 98 valence electrons. The second-order valence-corrected chi connectivity index (χ2v) is 5.36. The maximum atomic E-state index is 5.66. The smallest absolute Gasteiger partial charge is 0.297 e. The van der Waals surface area contributed by atoms with Crippen molar-refractivity contribution < 1.29 is 4.74 Å². The summed E-state index contributed by atoms with van der Waals surface area (Å²) >= 11 is 0. The number of rotatable bonds is 3. The zero-order valence-corrected chi connectivity index (χ0v) is 11.5. The molecule has 0 saturated heterocycles. The molecule has 0 spiro atoms. The fourth-order valence-corrected chi connectivity index (χ4v) is 2.10. The van der Waals surface area contributed by atoms with Crippen LogP contribution in [0.4, 0.5) is 0 Å². The van der Waals surface area contributed by atoms with Gasteiger partial charge in [0.05, 0.1) is 17.6 Å². The molecule has 0 atom stereocenters. The number of hydrogen-bond donors (Lipinski definition) is 1. The number of benzene rings is 1. The second kappa shape index (κ2) is 4.61. The first kappa shape index (κ1) is 12.9. The average molecular weight is 247 g/mol. The predicted octanol–water partition coefficient (Wildman–Crippen LogP) is 2.65. The predicted molar refractivity (Wildman–Crippen MR) is 73.8 cm³/mol. The molecule has 0 bridgehead atoms. The van der Waals surface area contributed by atoms with Crippen molar-refractivity contribution in [1.29, 1.82) is 0 Å². The zero-order chi connectivity index (χ0) is 13.3. The van der Waals surface area contributed by atoms with Crippen LogP contribution in [0.1, 0.15) is 33.3 Å². The van der Waals surface area contributed by atoms with E-state index in [1.807, 2.05) is 19.1 Å². The minimum atomic E-state index is -0.0660. The Balaban J connectivity index is 2.67. The summed E-state index contributed by atoms with van der Waals surface area (Å²) in [6, 6.07) is 6.81. The second-order valence-electron chi connectivity index (χ2n) is 5.36. The Labute approximate surface area is 108 Å². The molecule has 0 radical (unpaired) electrons. The molecule has 4 nitrogen and oxygen atoms in total. The number of aromatic nitrogens is 2. The number of nitrogens with zero attached hydrogens (tertiary/aromatic N) is 2. The van der Waals surface area contributed by atoms with Gasteiger partial charge in [-0.3, -0.25) is 4.57 Å². The molecule has 0 saturated carbocycles. The Kier molecular flexibility index (Phi) is 3.30. The normalized spacial score (nSPS) is 12.1. The number of hydrogen-bond acceptors (Lipinski definition) is 3. The van der Waals surface area contributed by atoms with Crippen LogP contribution >= 0.6 is 0 Å². The molecule has 2 rings (SSSR count). The molecule has 0 aliphatic rings. The highest BCUT2D eigenvalue weighted by atomic mass is 16.5. The quantitative estimate of drug-likeness (QED) is 0.907. The van der Waals surface area contributed by atoms with Crippen LogP contribution in [0.3, 0.4) is 0 Å². The van der Waals surface area contributed by atoms with Crippen molar-refractivity contribution in [2.45, 2.75) is 39.8 Å². The van der Waals surface area contributed by atoms with Gasteiger partial charge < -0.3 is 10.5 Å². The third kappa shape index (κ3) is 2.20. The molecular formula is C14H21N3O. The van der Waals surface area contributed by atoms with Gasteiger partial charge in [0.25, 0.3) is 6.01 Å². The van der Waals surface area contributed by atoms with E-state index in [4.69, 9.17) is 10.5 Å². The average Bonchev–Trinajstić information content (AvgIpc) is 2.65. The molecule has 0 aliphatic heterocycles. The van der Waals surface area contributed by atoms with Crippen LogP contribution < -0.4 is 10.5 Å². The molecule has 0 aliphatic carbocycles. The van der Waals surface area contributed by atoms with E-state index in [-0.39, 0.29) is 5.54 Å². The van der Waals surface area contributed by atoms with Crippen LogP contribution in [0.5, 0.6) is 6.01 Å². The van der Waals surface area contributed by atoms with Crippen molar-refractivity contribution in [2.75, 3.05) is 6.61 Å². The molecule has 1 aromatic carbocycles. The monoisotopic (exact) mass is 247 g/mol. The summed E-state index contributed by atoms with van der Waals surface area (Å²) in [6.45, 7) is 9.55. The van der Waals surface area contributed by atoms with E-state index in [2.05, 4.69) is 36.4 Å². The van der Waals surface area contributed by atoms with Gasteiger partial charge in [-0.05, 0) is 45.4 Å². The van der Waals surface area contributed by atoms with Crippen molar-refractivity contribution in [2.24, 2.45) is 5.73 Å². The van der Waals surface area contributed by atoms with Gasteiger partial charge in [0, 0.05) is 12.1 Å². The van der Waals surface area contributed by atoms with Gasteiger partial charge in [-0.2, -0.15) is 4.98 Å². The van der Waals surface area contributed by atoms with Crippen LogP contribution in [-0.4, -0.2) is 16.2 Å². The Morgan fingerprint density at radius 3 is 2.61 bits per heavy atom. The maximum Gasteiger partial charge on any atom is 0.297 e. The molecule has 2 aromatic rings. The van der Waals surface area contributed by atoms with Gasteiger partial charge in [-0.1, -0.05) is 6.07 Å². The minimum Gasteiger partial charge on any atom is -0.465 e. The fraction of sp³-hybridized carbons (Fsp3) is 0.500. The maximum absolute atomic E-state index is 5.66. The van der Waals surface area contributed by atoms with Crippen LogP contribution in [0.2, 0.25) is 0 Å². The number of ether oxygens (including phenoxy) is 1. The van der Waals surface area contributed by atoms with Crippen LogP contribution in [0, 0.1) is 0 Å². The van der Waals surface area contributed by atoms with E-state index in [1.165, 1.54) is 0 Å². The lowest BCUT2D eigenvalue weighted by atomic mass is 10.1. The van der Waals surface area contributed by atoms with Gasteiger partial charge in [-0.25, -0.2) is 0 Å². The summed E-state index contributed by atoms with van der Waals surface area (Å²) in [7, 11) is 0. The van der Waals surface area contributed by atoms with Crippen molar-refractivity contribution in [3.8, 4) is 6.01 Å². The zero-order valence-electron chi connectivity index (χ0n) is 11.5. The fourth-order valence-electron chi connectivity index (χ4n) is 2.10. The SMILES string of the molecule is CCOc1nc2cc(CN)ccc2n1C(C)(C)C. The van der Waals surface area contributed by atoms with Crippen molar-refractivity contribution in [3.05, 3.63) is 23.8 Å². The van der Waals surface area contributed by atoms with E-state index in [0.717, 1.165) is 16.6 Å². The highest BCUT2D eigenvalue weighted by Crippen LogP contribution is 2.29. The Morgan fingerprint density at radius 1 is 1.33 bits per heavy atom. The molecule has 4 heteroatoms. The molecule has 0 amide bonds. The van der Waals surface area contributed by atoms with Gasteiger partial charge in [0.15, 0.2) is 0 Å². The molecule has 0 fully saturated rings. The van der Waals surface area contributed by atoms with Crippen LogP contribution in [0.15, 0.2) is 18.2 Å². The summed E-state index contributed by atoms with van der Waals surface area (Å²) in [6.07, 6.45) is 0. The lowest BCUT2D eigenvalue weighted by molar-refractivity contribution is 0.265. The van der Waals surface area contributed by atoms with Crippen LogP contribution in [0.25, 0.3) is 11.0 Å². The largest absolute Gasteiger partial charge is 0.465 e. The third-order valence-corrected chi connectivity index (χ3v) is 2.87. The Morgan fingerprint density at radius 2 is 2.06 bits per heavy atom. The minimum absolute atomic E-state index is 0.0660. The number of fused-ring (bicyclic) bond motifs is 1. The van der Waals surface area contributed by atoms with Gasteiger partial charge in [0.1, 0.15) is 0 Å². The first-order valence-electron chi connectivity index (χ1n) is 6.32. The molecule has 1 heterocycles. The highest BCUT2D eigenvalue weighted by molar-refractivity contribution is 5.78. The summed E-state index contributed by atoms with van der Waals surface area (Å²) in [5.74, 6) is 0. The highest BCUT2D eigenvalue weighted by Gasteiger charge is 2.22. The standard InChI is InChI=1S/C14H21N3O/c1-5-18-13-16-11-8-10(9-15)6-7-12(11)17(13)14(2,3)4/h6-8H,5,9,15H2,1-4H3. The number of nitrogens with two attached hydrogens (primary N) is 1. The van der Waals surface area contributed by atoms with E-state index >= 15 is 0 Å². The van der Waals surface area contributed by atoms with E-state index < -0.39 is 0 Å². The van der Waals surface area contributed by atoms with Crippen LogP contribution in [-0.2, 0) is 12.1 Å². The molecule has 1 aromatic heterocycles. The van der Waals surface area contributed by atoms with Crippen molar-refractivity contribution >= 4 is 11.0 Å². The van der Waals surface area contributed by atoms with Crippen molar-refractivity contribution in [3.63, 3.8) is 0 Å². The molecular weight excluding hydrogens is 226 g/mol. The summed E-state index contributed by atoms with van der Waals surface area (Å²) in [4.78, 5) is 4.56. The summed E-state index contributed by atoms with van der Waals surface area (Å²) in [5, 5.41) is 0. The third-order valence-electron chi connectivity index (χ3n) is 2.87. The van der Waals surface area contributed by atoms with E-state index in [1.54, 1.807) is 0 Å². The Hall–Kier alpha value is -1.55. The van der Waals surface area contributed by atoms with Gasteiger partial charge in [0.2, 0.25) is 0 Å². The van der Waals surface area contributed by atoms with Gasteiger partial charge >= 0.3 is 0 Å². The first-order valence-corrected chi connectivity index (χ1v) is 6.32. The van der Waals surface area contributed by atoms with E-state index in [0.29, 0.717) is 19.2 Å². The topological polar surface area (TPSA) is 53.1 Å². The molecule has 0 unspecified atom stereocenters. The lowest BCUT2D eigenvalue weighted by Gasteiger charge is -2.23. The molecule has 18 heavy (non-hydrogen) atoms. The lowest BCUT2D eigenvalue weighted by Crippen LogP contribution is -2.22. The number of imidazole rings is 1. The first-order chi connectivity index (χ1) is 8.47.